The summed E-state index contributed by atoms with van der Waals surface area (Å²) in [7, 11) is 0. The molecule has 0 atom stereocenters. The van der Waals surface area contributed by atoms with E-state index in [1.54, 1.807) is 0 Å². The van der Waals surface area contributed by atoms with Crippen LogP contribution in [0.3, 0.4) is 0 Å². The molecule has 1 heterocycles. The molecule has 0 aliphatic rings. The molecule has 0 fully saturated rings. The molecule has 3 nitrogen and oxygen atoms in total. The van der Waals surface area contributed by atoms with Crippen molar-refractivity contribution in [2.45, 2.75) is 93.9 Å². The largest absolute Gasteiger partial charge is 0.512 e. The summed E-state index contributed by atoms with van der Waals surface area (Å²) in [5, 5.41) is 17.4. The molecular weight excluding hydrogens is 767 g/mol. The quantitative estimate of drug-likeness (QED) is 0.0590. The number of hydrogen-bond donors (Lipinski definition) is 1. The molecular formula is C44H54IrNO2-. The van der Waals surface area contributed by atoms with Crippen molar-refractivity contribution in [1.29, 1.82) is 0 Å². The third-order valence-electron chi connectivity index (χ3n) is 9.26. The Morgan fingerprint density at radius 1 is 0.729 bits per heavy atom. The number of carbonyl (C=O) groups excluding carboxylic acids is 1. The Morgan fingerprint density at radius 2 is 1.31 bits per heavy atom. The molecule has 1 N–H and O–H groups in total. The number of aromatic nitrogens is 1. The van der Waals surface area contributed by atoms with E-state index >= 15 is 0 Å². The molecule has 0 saturated carbocycles. The number of nitrogens with zero attached hydrogens (tertiary/aromatic N) is 1. The predicted molar refractivity (Wildman–Crippen MR) is 202 cm³/mol. The minimum Gasteiger partial charge on any atom is -0.512 e. The number of pyridine rings is 1. The van der Waals surface area contributed by atoms with Gasteiger partial charge in [-0.3, -0.25) is 4.79 Å². The summed E-state index contributed by atoms with van der Waals surface area (Å²) < 4.78 is 0. The third-order valence-corrected chi connectivity index (χ3v) is 9.26. The molecule has 1 radical (unpaired) electrons. The van der Waals surface area contributed by atoms with Gasteiger partial charge in [0.25, 0.3) is 0 Å². The van der Waals surface area contributed by atoms with Crippen LogP contribution in [0.5, 0.6) is 0 Å². The summed E-state index contributed by atoms with van der Waals surface area (Å²) in [6.45, 7) is 17.2. The van der Waals surface area contributed by atoms with Gasteiger partial charge in [-0.15, -0.1) is 34.9 Å². The Hall–Kier alpha value is -3.33. The predicted octanol–water partition coefficient (Wildman–Crippen LogP) is 12.3. The first-order chi connectivity index (χ1) is 22.6. The van der Waals surface area contributed by atoms with Crippen LogP contribution in [0.1, 0.15) is 92.2 Å². The molecule has 0 aliphatic heterocycles. The van der Waals surface area contributed by atoms with Crippen molar-refractivity contribution in [3.05, 3.63) is 102 Å². The molecule has 0 amide bonds. The maximum atomic E-state index is 11.7. The van der Waals surface area contributed by atoms with Crippen molar-refractivity contribution in [2.24, 2.45) is 23.7 Å². The van der Waals surface area contributed by atoms with Crippen LogP contribution in [0.25, 0.3) is 43.6 Å². The first-order valence-corrected chi connectivity index (χ1v) is 17.8. The van der Waals surface area contributed by atoms with Gasteiger partial charge >= 0.3 is 0 Å². The van der Waals surface area contributed by atoms with E-state index in [1.807, 2.05) is 33.9 Å². The van der Waals surface area contributed by atoms with Crippen molar-refractivity contribution >= 4 is 38.1 Å². The summed E-state index contributed by atoms with van der Waals surface area (Å²) in [6, 6.07) is 28.1. The van der Waals surface area contributed by atoms with Gasteiger partial charge in [0.2, 0.25) is 0 Å². The first-order valence-electron chi connectivity index (χ1n) is 17.8. The van der Waals surface area contributed by atoms with E-state index in [1.165, 1.54) is 49.5 Å². The number of rotatable bonds is 12. The van der Waals surface area contributed by atoms with Crippen LogP contribution >= 0.6 is 0 Å². The number of ketones is 1. The zero-order valence-electron chi connectivity index (χ0n) is 30.2. The fourth-order valence-corrected chi connectivity index (χ4v) is 6.71. The molecule has 4 heteroatoms. The monoisotopic (exact) mass is 821 g/mol. The second-order valence-corrected chi connectivity index (χ2v) is 13.8. The Kier molecular flexibility index (Phi) is 15.0. The maximum absolute atomic E-state index is 11.7. The van der Waals surface area contributed by atoms with Gasteiger partial charge in [-0.25, -0.2) is 0 Å². The zero-order chi connectivity index (χ0) is 34.1. The summed E-state index contributed by atoms with van der Waals surface area (Å²) >= 11 is 0. The van der Waals surface area contributed by atoms with Crippen molar-refractivity contribution in [1.82, 2.24) is 4.98 Å². The minimum atomic E-state index is 0. The van der Waals surface area contributed by atoms with Gasteiger partial charge in [-0.1, -0.05) is 104 Å². The minimum absolute atomic E-state index is 0. The van der Waals surface area contributed by atoms with E-state index in [0.717, 1.165) is 49.8 Å². The molecule has 257 valence electrons. The SMILES string of the molecule is CC(C)Cc1[c-]c(-c2nccc3c2ccc2c4ccccc4ccc32)cc(CC(C)C)c1.CCC(CC)C(=O)/C=C(\O)C(CC)CC.[Ir]. The van der Waals surface area contributed by atoms with Gasteiger partial charge in [0.15, 0.2) is 5.78 Å². The zero-order valence-corrected chi connectivity index (χ0v) is 32.6. The first kappa shape index (κ1) is 39.1. The Labute approximate surface area is 302 Å². The van der Waals surface area contributed by atoms with Crippen molar-refractivity contribution < 1.29 is 30.0 Å². The van der Waals surface area contributed by atoms with E-state index in [4.69, 9.17) is 4.98 Å². The fourth-order valence-electron chi connectivity index (χ4n) is 6.71. The average molecular weight is 821 g/mol. The molecule has 48 heavy (non-hydrogen) atoms. The van der Waals surface area contributed by atoms with Gasteiger partial charge < -0.3 is 10.1 Å². The van der Waals surface area contributed by atoms with Crippen LogP contribution in [-0.4, -0.2) is 15.9 Å². The topological polar surface area (TPSA) is 50.2 Å². The molecule has 0 aliphatic carbocycles. The molecule has 1 aromatic heterocycles. The van der Waals surface area contributed by atoms with Gasteiger partial charge in [0.1, 0.15) is 0 Å². The second kappa shape index (κ2) is 18.4. The summed E-state index contributed by atoms with van der Waals surface area (Å²) in [5.74, 6) is 1.77. The molecule has 0 bridgehead atoms. The fraction of sp³-hybridized carbons (Fsp3) is 0.409. The molecule has 4 aromatic carbocycles. The molecule has 0 saturated heterocycles. The molecule has 5 rings (SSSR count). The number of allylic oxidation sites excluding steroid dienone is 2. The summed E-state index contributed by atoms with van der Waals surface area (Å²) in [6.07, 6.45) is 8.98. The van der Waals surface area contributed by atoms with E-state index in [-0.39, 0.29) is 43.5 Å². The smallest absolute Gasteiger partial charge is 0.162 e. The average Bonchev–Trinajstić information content (AvgIpc) is 3.04. The van der Waals surface area contributed by atoms with Gasteiger partial charge in [0, 0.05) is 44.2 Å². The number of fused-ring (bicyclic) bond motifs is 5. The van der Waals surface area contributed by atoms with E-state index in [2.05, 4.69) is 100 Å². The third kappa shape index (κ3) is 9.64. The van der Waals surface area contributed by atoms with Crippen LogP contribution < -0.4 is 0 Å². The molecule has 0 spiro atoms. The van der Waals surface area contributed by atoms with Crippen molar-refractivity contribution in [3.63, 3.8) is 0 Å². The Balaban J connectivity index is 0.000000334. The summed E-state index contributed by atoms with van der Waals surface area (Å²) in [5.41, 5.74) is 4.83. The van der Waals surface area contributed by atoms with Gasteiger partial charge in [0.05, 0.1) is 5.76 Å². The normalized spacial score (nSPS) is 11.9. The van der Waals surface area contributed by atoms with Crippen LogP contribution in [-0.2, 0) is 37.7 Å². The van der Waals surface area contributed by atoms with E-state index in [9.17, 15) is 9.90 Å². The molecule has 5 aromatic rings. The molecule has 0 unspecified atom stereocenters. The number of hydrogen-bond acceptors (Lipinski definition) is 3. The van der Waals surface area contributed by atoms with E-state index in [0.29, 0.717) is 11.8 Å². The van der Waals surface area contributed by atoms with Crippen LogP contribution in [0.15, 0.2) is 84.8 Å². The van der Waals surface area contributed by atoms with Crippen LogP contribution in [0.4, 0.5) is 0 Å². The van der Waals surface area contributed by atoms with Gasteiger partial charge in [-0.05, 0) is 94.4 Å². The number of benzene rings is 4. The Bertz CT molecular complexity index is 1800. The van der Waals surface area contributed by atoms with Gasteiger partial charge in [-0.2, -0.15) is 0 Å². The second-order valence-electron chi connectivity index (χ2n) is 13.8. The summed E-state index contributed by atoms with van der Waals surface area (Å²) in [4.78, 5) is 16.6. The van der Waals surface area contributed by atoms with Crippen molar-refractivity contribution in [3.8, 4) is 11.3 Å². The number of carbonyl (C=O) groups is 1. The standard InChI is InChI=1S/C31H30N.C13H24O2.Ir/c1-20(2)15-22-17-23(16-21(3)4)19-25(18-22)31-30-12-11-27-26-8-6-5-7-24(26)9-10-28(27)29(30)13-14-32-31;1-5-10(6-2)12(14)9-13(15)11(7-3)8-4;/h5-14,17-18,20-21H,15-16H2,1-4H3;9-11,14H,5-8H2,1-4H3;/q-1;;/b;12-9-;. The number of aliphatic hydroxyl groups is 1. The van der Waals surface area contributed by atoms with Crippen LogP contribution in [0, 0.1) is 29.7 Å². The Morgan fingerprint density at radius 3 is 1.96 bits per heavy atom. The number of aliphatic hydroxyl groups excluding tert-OH is 1. The van der Waals surface area contributed by atoms with Crippen molar-refractivity contribution in [2.75, 3.05) is 0 Å². The maximum Gasteiger partial charge on any atom is 0.162 e. The van der Waals surface area contributed by atoms with E-state index < -0.39 is 0 Å². The van der Waals surface area contributed by atoms with Crippen LogP contribution in [0.2, 0.25) is 0 Å².